The van der Waals surface area contributed by atoms with Gasteiger partial charge in [-0.15, -0.1) is 0 Å². The molecule has 0 aromatic heterocycles. The molecule has 138 heavy (non-hydrogen) atoms. The van der Waals surface area contributed by atoms with E-state index in [1.165, 1.54) is 72.3 Å². The highest BCUT2D eigenvalue weighted by Crippen LogP contribution is 2.50. The molecule has 12 aromatic carbocycles. The summed E-state index contributed by atoms with van der Waals surface area (Å²) in [5, 5.41) is 39.6. The van der Waals surface area contributed by atoms with Crippen molar-refractivity contribution < 1.29 is 66.9 Å². The fourth-order valence-electron chi connectivity index (χ4n) is 16.3. The Labute approximate surface area is 838 Å². The van der Waals surface area contributed by atoms with Gasteiger partial charge in [-0.1, -0.05) is 204 Å². The molecular weight excluding hydrogens is 1830 g/mol. The number of ether oxygens (including phenoxy) is 7. The number of aliphatic hydroxyl groups is 2. The first kappa shape index (κ1) is 111. The summed E-state index contributed by atoms with van der Waals surface area (Å²) in [6, 6.07) is 74.2. The van der Waals surface area contributed by atoms with Crippen molar-refractivity contribution in [3.8, 4) is 152 Å². The van der Waals surface area contributed by atoms with E-state index in [0.717, 1.165) is 163 Å². The highest BCUT2D eigenvalue weighted by Gasteiger charge is 2.39. The Hall–Kier alpha value is -10.2. The molecule has 0 atom stereocenters. The Bertz CT molecular complexity index is 5560. The average Bonchev–Trinajstić information content (AvgIpc) is 0.744. The zero-order valence-electron chi connectivity index (χ0n) is 87.8. The fourth-order valence-corrected chi connectivity index (χ4v) is 19.8. The van der Waals surface area contributed by atoms with E-state index in [4.69, 9.17) is 56.6 Å². The lowest BCUT2D eigenvalue weighted by Crippen LogP contribution is -2.41. The minimum atomic E-state index is -1.76. The second kappa shape index (κ2) is 51.3. The van der Waals surface area contributed by atoms with Crippen LogP contribution in [0.1, 0.15) is 165 Å². The van der Waals surface area contributed by atoms with Crippen LogP contribution in [0.4, 0.5) is 0 Å². The van der Waals surface area contributed by atoms with Crippen LogP contribution in [0.5, 0.6) is 51.7 Å². The standard InChI is InChI=1S/C47H68O5Si2.C35H40O5.C29H28O3.C9H21BrOSi/c1-15-48-45-42(37-18-22-40(23-19-37)49-26-16-28-51-53(11,12)46(5,6)7)32-39(44-35(3)30-34(2)31-36(44)4)33-43(45)38-20-24-41(25-21-38)50-27-17-29-52-54(13,14)47(8,9)10;1-5-38-35-32(27-8-12-30(13-9-27)39-18-6-16-36)22-29(34-25(3)20-24(2)21-26(34)4)23-33(35)28-10-14-31(15-11-28)40-19-7-17-37;1-5-32-29-26(21-6-10-24(30)11-7-21)16-23(28-19(3)14-18(2)15-20(28)4)17-27(29)22-8-12-25(31)13-9-22;1-9(2,3)12(4,5)11-8-6-7-10/h18-25,30-33H,15-17,26-29H2,1-14H3;8-15,20-23,36-37H,5-7,16-19H2,1-4H3;6-17,30-31H,5H2,1-4H3;6-8H2,1-5H3. The van der Waals surface area contributed by atoms with Gasteiger partial charge in [0.15, 0.2) is 25.0 Å². The number of halogens is 1. The van der Waals surface area contributed by atoms with E-state index in [1.54, 1.807) is 24.3 Å². The zero-order chi connectivity index (χ0) is 101. The molecule has 0 radical (unpaired) electrons. The van der Waals surface area contributed by atoms with E-state index in [0.29, 0.717) is 64.1 Å². The first-order chi connectivity index (χ1) is 65.4. The molecule has 0 heterocycles. The quantitative estimate of drug-likeness (QED) is 0.0163. The molecule has 12 rings (SSSR count). The number of hydrogen-bond acceptors (Lipinski definition) is 14. The Morgan fingerprint density at radius 3 is 0.638 bits per heavy atom. The lowest BCUT2D eigenvalue weighted by molar-refractivity contribution is 0.233. The number of benzene rings is 12. The van der Waals surface area contributed by atoms with Crippen LogP contribution < -0.4 is 33.2 Å². The summed E-state index contributed by atoms with van der Waals surface area (Å²) < 4.78 is 61.6. The molecule has 0 saturated carbocycles. The Morgan fingerprint density at radius 1 is 0.254 bits per heavy atom. The summed E-state index contributed by atoms with van der Waals surface area (Å²) in [6.07, 6.45) is 4.04. The van der Waals surface area contributed by atoms with Gasteiger partial charge in [0.05, 0.1) is 46.2 Å². The van der Waals surface area contributed by atoms with Crippen molar-refractivity contribution in [3.05, 3.63) is 268 Å². The monoisotopic (exact) mass is 1990 g/mol. The van der Waals surface area contributed by atoms with E-state index in [2.05, 4.69) is 325 Å². The third-order valence-electron chi connectivity index (χ3n) is 26.4. The van der Waals surface area contributed by atoms with Gasteiger partial charge < -0.3 is 66.9 Å². The third-order valence-corrected chi connectivity index (χ3v) is 40.6. The van der Waals surface area contributed by atoms with Crippen LogP contribution in [0.15, 0.2) is 218 Å². The van der Waals surface area contributed by atoms with Crippen molar-refractivity contribution in [3.63, 3.8) is 0 Å². The lowest BCUT2D eigenvalue weighted by Gasteiger charge is -2.36. The summed E-state index contributed by atoms with van der Waals surface area (Å²) in [5.41, 5.74) is 30.5. The SMILES string of the molecule is CC(C)(C)[Si](C)(C)OCCCBr.CCOc1c(-c2ccc(O)cc2)cc(-c2c(C)cc(C)cc2C)cc1-c1ccc(O)cc1.CCOc1c(-c2ccc(OCCCO)cc2)cc(-c2c(C)cc(C)cc2C)cc1-c1ccc(OCCCO)cc1.CCOc1c(-c2ccc(OCCCO[Si](C)(C)C(C)(C)C)cc2)cc(-c2c(C)cc(C)cc2C)cc1-c1ccc(OCCCO[Si](C)(C)C(C)(C)C)cc1. The molecule has 0 spiro atoms. The zero-order valence-corrected chi connectivity index (χ0v) is 92.3. The van der Waals surface area contributed by atoms with Gasteiger partial charge in [-0.2, -0.15) is 0 Å². The van der Waals surface area contributed by atoms with Gasteiger partial charge in [0.25, 0.3) is 0 Å². The fraction of sp³-hybridized carbons (Fsp3) is 0.400. The molecule has 12 aromatic rings. The number of aliphatic hydroxyl groups excluding tert-OH is 2. The molecule has 0 unspecified atom stereocenters. The predicted molar refractivity (Wildman–Crippen MR) is 590 cm³/mol. The van der Waals surface area contributed by atoms with Crippen molar-refractivity contribution in [1.29, 1.82) is 0 Å². The van der Waals surface area contributed by atoms with Crippen LogP contribution in [0.25, 0.3) is 100 Å². The molecule has 0 aliphatic rings. The molecule has 14 nitrogen and oxygen atoms in total. The average molecular weight is 1990 g/mol. The first-order valence-electron chi connectivity index (χ1n) is 49.3. The highest BCUT2D eigenvalue weighted by molar-refractivity contribution is 9.09. The van der Waals surface area contributed by atoms with Crippen LogP contribution in [-0.2, 0) is 13.3 Å². The number of phenolic OH excluding ortho intramolecular Hbond substituents is 2. The summed E-state index contributed by atoms with van der Waals surface area (Å²) in [5.74, 6) is 6.20. The molecular formula is C120H157BrO14Si3. The van der Waals surface area contributed by atoms with Gasteiger partial charge in [-0.3, -0.25) is 0 Å². The van der Waals surface area contributed by atoms with Crippen molar-refractivity contribution in [2.24, 2.45) is 0 Å². The molecule has 0 aliphatic carbocycles. The molecule has 18 heteroatoms. The van der Waals surface area contributed by atoms with Gasteiger partial charge >= 0.3 is 0 Å². The van der Waals surface area contributed by atoms with E-state index in [9.17, 15) is 10.2 Å². The molecule has 0 saturated heterocycles. The first-order valence-corrected chi connectivity index (χ1v) is 59.1. The smallest absolute Gasteiger partial charge is 0.191 e. The summed E-state index contributed by atoms with van der Waals surface area (Å²) in [4.78, 5) is 0. The Kier molecular flexibility index (Phi) is 41.4. The van der Waals surface area contributed by atoms with Crippen molar-refractivity contribution in [1.82, 2.24) is 0 Å². The van der Waals surface area contributed by atoms with Crippen LogP contribution in [0.2, 0.25) is 54.4 Å². The molecule has 0 fully saturated rings. The van der Waals surface area contributed by atoms with Crippen LogP contribution >= 0.6 is 15.9 Å². The molecule has 0 amide bonds. The minimum Gasteiger partial charge on any atom is -0.508 e. The van der Waals surface area contributed by atoms with Gasteiger partial charge in [0.1, 0.15) is 51.7 Å². The maximum Gasteiger partial charge on any atom is 0.191 e. The van der Waals surface area contributed by atoms with Gasteiger partial charge in [-0.25, -0.2) is 0 Å². The third kappa shape index (κ3) is 30.9. The number of hydrogen-bond donors (Lipinski definition) is 4. The molecule has 4 N–H and O–H groups in total. The Morgan fingerprint density at radius 2 is 0.449 bits per heavy atom. The van der Waals surface area contributed by atoms with E-state index < -0.39 is 25.0 Å². The molecule has 740 valence electrons. The number of phenols is 2. The largest absolute Gasteiger partial charge is 0.508 e. The lowest BCUT2D eigenvalue weighted by atomic mass is 9.88. The Balaban J connectivity index is 0.000000224. The van der Waals surface area contributed by atoms with Crippen LogP contribution in [0, 0.1) is 62.3 Å². The van der Waals surface area contributed by atoms with Crippen molar-refractivity contribution >= 4 is 40.9 Å². The summed E-state index contributed by atoms with van der Waals surface area (Å²) >= 11 is 3.40. The normalized spacial score (nSPS) is 11.8. The van der Waals surface area contributed by atoms with Crippen LogP contribution in [-0.4, -0.2) is 130 Å². The highest BCUT2D eigenvalue weighted by atomic mass is 79.9. The van der Waals surface area contributed by atoms with Crippen LogP contribution in [0.3, 0.4) is 0 Å². The molecule has 0 aliphatic heterocycles. The van der Waals surface area contributed by atoms with E-state index >= 15 is 0 Å². The second-order valence-corrected chi connectivity index (χ2v) is 55.9. The topological polar surface area (TPSA) is 173 Å². The summed E-state index contributed by atoms with van der Waals surface area (Å²) in [6.45, 7) is 66.1. The van der Waals surface area contributed by atoms with Crippen molar-refractivity contribution in [2.45, 2.75) is 232 Å². The second-order valence-electron chi connectivity index (χ2n) is 40.6. The maximum absolute atomic E-state index is 9.81. The number of rotatable bonds is 39. The maximum atomic E-state index is 9.81. The summed E-state index contributed by atoms with van der Waals surface area (Å²) in [7, 11) is -4.98. The molecule has 0 bridgehead atoms. The predicted octanol–water partition coefficient (Wildman–Crippen LogP) is 32.3. The van der Waals surface area contributed by atoms with E-state index in [1.807, 2.05) is 69.3 Å². The minimum absolute atomic E-state index is 0.110. The van der Waals surface area contributed by atoms with Crippen molar-refractivity contribution in [2.75, 3.05) is 84.6 Å². The van der Waals surface area contributed by atoms with Gasteiger partial charge in [-0.05, 0) is 353 Å². The van der Waals surface area contributed by atoms with Gasteiger partial charge in [0.2, 0.25) is 0 Å². The number of aromatic hydroxyl groups is 2. The van der Waals surface area contributed by atoms with E-state index in [-0.39, 0.29) is 34.8 Å². The number of aryl methyl sites for hydroxylation is 9. The number of alkyl halides is 1. The van der Waals surface area contributed by atoms with Gasteiger partial charge in [0, 0.05) is 97.4 Å².